The third kappa shape index (κ3) is 6.15. The van der Waals surface area contributed by atoms with Crippen LogP contribution in [0.5, 0.6) is 11.5 Å². The Bertz CT molecular complexity index is 1050. The maximum absolute atomic E-state index is 13.0. The number of anilines is 1. The number of nitrogens with one attached hydrogen (secondary N) is 1. The van der Waals surface area contributed by atoms with E-state index in [-0.39, 0.29) is 17.2 Å². The second kappa shape index (κ2) is 11.0. The van der Waals surface area contributed by atoms with E-state index in [0.29, 0.717) is 48.3 Å². The molecule has 1 saturated heterocycles. The summed E-state index contributed by atoms with van der Waals surface area (Å²) >= 11 is 6.01. The molecule has 0 atom stereocenters. The number of benzene rings is 2. The highest BCUT2D eigenvalue weighted by atomic mass is 35.5. The number of hydrogen-bond acceptors (Lipinski definition) is 5. The molecule has 0 radical (unpaired) electrons. The third-order valence-corrected chi connectivity index (χ3v) is 7.66. The summed E-state index contributed by atoms with van der Waals surface area (Å²) in [6, 6.07) is 9.96. The van der Waals surface area contributed by atoms with Gasteiger partial charge < -0.3 is 14.8 Å². The second-order valence-corrected chi connectivity index (χ2v) is 10.1. The predicted molar refractivity (Wildman–Crippen MR) is 125 cm³/mol. The van der Waals surface area contributed by atoms with E-state index in [4.69, 9.17) is 21.1 Å². The molecule has 32 heavy (non-hydrogen) atoms. The van der Waals surface area contributed by atoms with Crippen molar-refractivity contribution in [3.05, 3.63) is 47.0 Å². The minimum absolute atomic E-state index is 0.150. The number of nitrogens with zero attached hydrogens (tertiary/aromatic N) is 1. The summed E-state index contributed by atoms with van der Waals surface area (Å²) in [6.07, 6.45) is 3.48. The lowest BCUT2D eigenvalue weighted by Crippen LogP contribution is -2.35. The fourth-order valence-electron chi connectivity index (χ4n) is 3.54. The average molecular weight is 481 g/mol. The van der Waals surface area contributed by atoms with Gasteiger partial charge in [0.15, 0.2) is 0 Å². The Morgan fingerprint density at radius 2 is 1.88 bits per heavy atom. The molecule has 9 heteroatoms. The van der Waals surface area contributed by atoms with Crippen LogP contribution in [0.3, 0.4) is 0 Å². The number of rotatable bonds is 9. The number of carbonyl (C=O) groups is 1. The number of sulfonamides is 1. The first-order chi connectivity index (χ1) is 15.3. The maximum atomic E-state index is 13.0. The molecule has 0 aromatic heterocycles. The smallest absolute Gasteiger partial charge is 0.243 e. The number of aryl methyl sites for hydroxylation is 1. The van der Waals surface area contributed by atoms with Gasteiger partial charge in [0.25, 0.3) is 0 Å². The normalized spacial score (nSPS) is 14.7. The van der Waals surface area contributed by atoms with Crippen molar-refractivity contribution in [2.45, 2.75) is 43.9 Å². The summed E-state index contributed by atoms with van der Waals surface area (Å²) < 4.78 is 38.4. The van der Waals surface area contributed by atoms with E-state index < -0.39 is 10.0 Å². The Morgan fingerprint density at radius 3 is 2.56 bits per heavy atom. The summed E-state index contributed by atoms with van der Waals surface area (Å²) in [5.41, 5.74) is 1.26. The highest BCUT2D eigenvalue weighted by Gasteiger charge is 2.27. The molecule has 0 saturated carbocycles. The Hall–Kier alpha value is -2.29. The molecule has 1 aliphatic heterocycles. The molecular formula is C23H29ClN2O5S. The van der Waals surface area contributed by atoms with Crippen LogP contribution < -0.4 is 14.8 Å². The van der Waals surface area contributed by atoms with Crippen LogP contribution in [0.15, 0.2) is 41.3 Å². The van der Waals surface area contributed by atoms with Crippen LogP contribution in [0.4, 0.5) is 5.69 Å². The standard InChI is InChI=1S/C23H29ClN2O5S/c1-17-15-18(8-10-20(17)24)31-14-6-7-23(27)25-21-16-19(9-11-22(21)30-2)32(28,29)26-12-4-3-5-13-26/h8-11,15-16H,3-7,12-14H2,1-2H3,(H,25,27). The summed E-state index contributed by atoms with van der Waals surface area (Å²) in [6.45, 7) is 3.30. The molecule has 0 aliphatic carbocycles. The van der Waals surface area contributed by atoms with Crippen LogP contribution in [0, 0.1) is 6.92 Å². The van der Waals surface area contributed by atoms with Crippen molar-refractivity contribution in [3.8, 4) is 11.5 Å². The van der Waals surface area contributed by atoms with E-state index >= 15 is 0 Å². The van der Waals surface area contributed by atoms with Gasteiger partial charge in [-0.05, 0) is 68.1 Å². The zero-order valence-corrected chi connectivity index (χ0v) is 20.0. The van der Waals surface area contributed by atoms with Gasteiger partial charge in [0.05, 0.1) is 24.3 Å². The first-order valence-electron chi connectivity index (χ1n) is 10.7. The van der Waals surface area contributed by atoms with E-state index in [0.717, 1.165) is 24.8 Å². The van der Waals surface area contributed by atoms with Gasteiger partial charge in [-0.25, -0.2) is 8.42 Å². The molecule has 2 aromatic rings. The highest BCUT2D eigenvalue weighted by molar-refractivity contribution is 7.89. The van der Waals surface area contributed by atoms with Gasteiger partial charge >= 0.3 is 0 Å². The first kappa shape index (κ1) is 24.4. The Balaban J connectivity index is 1.59. The summed E-state index contributed by atoms with van der Waals surface area (Å²) in [4.78, 5) is 12.6. The SMILES string of the molecule is COc1ccc(S(=O)(=O)N2CCCCC2)cc1NC(=O)CCCOc1ccc(Cl)c(C)c1. The number of halogens is 1. The molecule has 0 bridgehead atoms. The van der Waals surface area contributed by atoms with Gasteiger partial charge in [-0.2, -0.15) is 4.31 Å². The van der Waals surface area contributed by atoms with Gasteiger partial charge in [0.2, 0.25) is 15.9 Å². The van der Waals surface area contributed by atoms with Crippen molar-refractivity contribution in [2.24, 2.45) is 0 Å². The fraction of sp³-hybridized carbons (Fsp3) is 0.435. The summed E-state index contributed by atoms with van der Waals surface area (Å²) in [5, 5.41) is 3.45. The van der Waals surface area contributed by atoms with E-state index in [1.807, 2.05) is 13.0 Å². The molecule has 3 rings (SSSR count). The van der Waals surface area contributed by atoms with Gasteiger partial charge in [-0.1, -0.05) is 18.0 Å². The van der Waals surface area contributed by atoms with Crippen molar-refractivity contribution in [3.63, 3.8) is 0 Å². The number of ether oxygens (including phenoxy) is 2. The van der Waals surface area contributed by atoms with Crippen molar-refractivity contribution < 1.29 is 22.7 Å². The summed E-state index contributed by atoms with van der Waals surface area (Å²) in [5.74, 6) is 0.861. The second-order valence-electron chi connectivity index (χ2n) is 7.74. The van der Waals surface area contributed by atoms with Crippen LogP contribution >= 0.6 is 11.6 Å². The quantitative estimate of drug-likeness (QED) is 0.529. The largest absolute Gasteiger partial charge is 0.495 e. The number of carbonyl (C=O) groups excluding carboxylic acids is 1. The number of amides is 1. The van der Waals surface area contributed by atoms with Crippen LogP contribution in [-0.4, -0.2) is 45.4 Å². The molecule has 7 nitrogen and oxygen atoms in total. The van der Waals surface area contributed by atoms with E-state index in [9.17, 15) is 13.2 Å². The van der Waals surface area contributed by atoms with Gasteiger partial charge in [-0.3, -0.25) is 4.79 Å². The van der Waals surface area contributed by atoms with E-state index in [1.165, 1.54) is 23.5 Å². The van der Waals surface area contributed by atoms with E-state index in [2.05, 4.69) is 5.32 Å². The van der Waals surface area contributed by atoms with Crippen molar-refractivity contribution in [1.82, 2.24) is 4.31 Å². The monoisotopic (exact) mass is 480 g/mol. The Kier molecular flexibility index (Phi) is 8.39. The lowest BCUT2D eigenvalue weighted by Gasteiger charge is -2.26. The van der Waals surface area contributed by atoms with Crippen molar-refractivity contribution in [1.29, 1.82) is 0 Å². The molecule has 1 heterocycles. The predicted octanol–water partition coefficient (Wildman–Crippen LogP) is 4.63. The molecule has 1 fully saturated rings. The number of hydrogen-bond donors (Lipinski definition) is 1. The highest BCUT2D eigenvalue weighted by Crippen LogP contribution is 2.30. The minimum atomic E-state index is -3.61. The van der Waals surface area contributed by atoms with Gasteiger partial charge in [-0.15, -0.1) is 0 Å². The zero-order chi connectivity index (χ0) is 23.1. The molecule has 1 aliphatic rings. The van der Waals surface area contributed by atoms with Crippen LogP contribution in [0.1, 0.15) is 37.7 Å². The lowest BCUT2D eigenvalue weighted by molar-refractivity contribution is -0.116. The number of piperidine rings is 1. The van der Waals surface area contributed by atoms with Gasteiger partial charge in [0, 0.05) is 24.5 Å². The fourth-order valence-corrected chi connectivity index (χ4v) is 5.20. The topological polar surface area (TPSA) is 84.9 Å². The van der Waals surface area contributed by atoms with Crippen molar-refractivity contribution in [2.75, 3.05) is 32.1 Å². The third-order valence-electron chi connectivity index (χ3n) is 5.34. The average Bonchev–Trinajstić information content (AvgIpc) is 2.79. The molecule has 174 valence electrons. The molecular weight excluding hydrogens is 452 g/mol. The molecule has 0 unspecified atom stereocenters. The van der Waals surface area contributed by atoms with Crippen molar-refractivity contribution >= 4 is 33.2 Å². The molecule has 1 N–H and O–H groups in total. The van der Waals surface area contributed by atoms with E-state index in [1.54, 1.807) is 18.2 Å². The Morgan fingerprint density at radius 1 is 1.12 bits per heavy atom. The lowest BCUT2D eigenvalue weighted by atomic mass is 10.2. The van der Waals surface area contributed by atoms with Crippen LogP contribution in [-0.2, 0) is 14.8 Å². The molecule has 1 amide bonds. The van der Waals surface area contributed by atoms with Crippen LogP contribution in [0.2, 0.25) is 5.02 Å². The maximum Gasteiger partial charge on any atom is 0.243 e. The Labute approximate surface area is 194 Å². The number of methoxy groups -OCH3 is 1. The first-order valence-corrected chi connectivity index (χ1v) is 12.5. The zero-order valence-electron chi connectivity index (χ0n) is 18.4. The van der Waals surface area contributed by atoms with Gasteiger partial charge in [0.1, 0.15) is 11.5 Å². The van der Waals surface area contributed by atoms with Crippen LogP contribution in [0.25, 0.3) is 0 Å². The minimum Gasteiger partial charge on any atom is -0.495 e. The molecule has 0 spiro atoms. The molecule has 2 aromatic carbocycles. The summed E-state index contributed by atoms with van der Waals surface area (Å²) in [7, 11) is -2.13.